The number of hydrogen-bond acceptors (Lipinski definition) is 2. The van der Waals surface area contributed by atoms with Crippen molar-refractivity contribution in [3.8, 4) is 0 Å². The monoisotopic (exact) mass is 161 g/mol. The Morgan fingerprint density at radius 3 is 3.08 bits per heavy atom. The largest absolute Gasteiger partial charge is 0.417 e. The molecule has 0 radical (unpaired) electrons. The summed E-state index contributed by atoms with van der Waals surface area (Å²) in [6.07, 6.45) is 1.71. The lowest BCUT2D eigenvalue weighted by Gasteiger charge is -1.89. The average Bonchev–Trinajstić information content (AvgIpc) is 2.43. The molecule has 12 heavy (non-hydrogen) atoms. The van der Waals surface area contributed by atoms with Crippen molar-refractivity contribution in [1.82, 2.24) is 4.98 Å². The molecular formula is C9H7NO2. The van der Waals surface area contributed by atoms with Crippen LogP contribution in [0.4, 0.5) is 0 Å². The molecule has 1 N–H and O–H groups in total. The molecule has 3 nitrogen and oxygen atoms in total. The van der Waals surface area contributed by atoms with Crippen LogP contribution >= 0.6 is 0 Å². The molecule has 0 amide bonds. The average molecular weight is 161 g/mol. The maximum absolute atomic E-state index is 10.7. The van der Waals surface area contributed by atoms with Crippen LogP contribution in [0.15, 0.2) is 34.0 Å². The van der Waals surface area contributed by atoms with Crippen LogP contribution in [0.25, 0.3) is 17.2 Å². The van der Waals surface area contributed by atoms with Gasteiger partial charge < -0.3 is 4.42 Å². The molecule has 0 aliphatic rings. The minimum Gasteiger partial charge on any atom is -0.408 e. The van der Waals surface area contributed by atoms with E-state index in [1.54, 1.807) is 12.1 Å². The van der Waals surface area contributed by atoms with Crippen LogP contribution < -0.4 is 5.76 Å². The molecular weight excluding hydrogens is 154 g/mol. The van der Waals surface area contributed by atoms with E-state index >= 15 is 0 Å². The number of oxazole rings is 1. The quantitative estimate of drug-likeness (QED) is 0.692. The summed E-state index contributed by atoms with van der Waals surface area (Å²) in [5, 5.41) is 0. The third-order valence-electron chi connectivity index (χ3n) is 1.68. The van der Waals surface area contributed by atoms with Crippen LogP contribution in [-0.4, -0.2) is 4.98 Å². The second-order valence-corrected chi connectivity index (χ2v) is 2.47. The Morgan fingerprint density at radius 2 is 2.33 bits per heavy atom. The highest BCUT2D eigenvalue weighted by Gasteiger charge is 1.98. The predicted octanol–water partition coefficient (Wildman–Crippen LogP) is 1.76. The van der Waals surface area contributed by atoms with Crippen molar-refractivity contribution in [2.45, 2.75) is 0 Å². The first kappa shape index (κ1) is 6.91. The molecule has 3 heteroatoms. The number of aromatic amines is 1. The molecule has 2 aromatic rings. The van der Waals surface area contributed by atoms with E-state index in [-0.39, 0.29) is 0 Å². The topological polar surface area (TPSA) is 46.0 Å². The molecule has 60 valence electrons. The Kier molecular flexibility index (Phi) is 1.37. The van der Waals surface area contributed by atoms with E-state index in [0.29, 0.717) is 11.1 Å². The lowest BCUT2D eigenvalue weighted by Crippen LogP contribution is -1.92. The van der Waals surface area contributed by atoms with Crippen molar-refractivity contribution in [2.24, 2.45) is 0 Å². The van der Waals surface area contributed by atoms with Gasteiger partial charge in [-0.2, -0.15) is 0 Å². The number of rotatable bonds is 1. The Bertz CT molecular complexity index is 478. The van der Waals surface area contributed by atoms with Gasteiger partial charge >= 0.3 is 5.76 Å². The standard InChI is InChI=1S/C9H7NO2/c1-2-6-3-4-8-7(5-6)10-9(11)12-8/h2-5H,1H2,(H,10,11). The molecule has 0 unspecified atom stereocenters. The second-order valence-electron chi connectivity index (χ2n) is 2.47. The SMILES string of the molecule is C=Cc1ccc2oc(=O)[nH]c2c1. The molecule has 0 saturated heterocycles. The maximum Gasteiger partial charge on any atom is 0.417 e. The molecule has 1 aromatic carbocycles. The van der Waals surface area contributed by atoms with Crippen LogP contribution in [-0.2, 0) is 0 Å². The van der Waals surface area contributed by atoms with Crippen LogP contribution in [0.5, 0.6) is 0 Å². The zero-order valence-corrected chi connectivity index (χ0v) is 6.33. The van der Waals surface area contributed by atoms with E-state index in [2.05, 4.69) is 11.6 Å². The van der Waals surface area contributed by atoms with Gasteiger partial charge in [0.15, 0.2) is 5.58 Å². The molecule has 0 spiro atoms. The number of benzene rings is 1. The molecule has 0 aliphatic carbocycles. The lowest BCUT2D eigenvalue weighted by molar-refractivity contribution is 0.555. The summed E-state index contributed by atoms with van der Waals surface area (Å²) in [4.78, 5) is 13.3. The number of hydrogen-bond donors (Lipinski definition) is 1. The summed E-state index contributed by atoms with van der Waals surface area (Å²) in [6, 6.07) is 5.39. The van der Waals surface area contributed by atoms with Gasteiger partial charge in [0.05, 0.1) is 5.52 Å². The highest BCUT2D eigenvalue weighted by Crippen LogP contribution is 2.12. The normalized spacial score (nSPS) is 10.3. The van der Waals surface area contributed by atoms with Gasteiger partial charge in [-0.15, -0.1) is 0 Å². The molecule has 1 aromatic heterocycles. The fourth-order valence-corrected chi connectivity index (χ4v) is 1.10. The summed E-state index contributed by atoms with van der Waals surface area (Å²) in [5.41, 5.74) is 2.24. The van der Waals surface area contributed by atoms with E-state index in [4.69, 9.17) is 4.42 Å². The summed E-state index contributed by atoms with van der Waals surface area (Å²) in [5.74, 6) is -0.425. The molecule has 2 rings (SSSR count). The fraction of sp³-hybridized carbons (Fsp3) is 0. The van der Waals surface area contributed by atoms with Gasteiger partial charge in [-0.05, 0) is 17.7 Å². The summed E-state index contributed by atoms with van der Waals surface area (Å²) in [7, 11) is 0. The number of fused-ring (bicyclic) bond motifs is 1. The van der Waals surface area contributed by atoms with E-state index < -0.39 is 5.76 Å². The van der Waals surface area contributed by atoms with Crippen LogP contribution in [0, 0.1) is 0 Å². The summed E-state index contributed by atoms with van der Waals surface area (Å²) >= 11 is 0. The first-order valence-electron chi connectivity index (χ1n) is 3.55. The van der Waals surface area contributed by atoms with E-state index in [1.165, 1.54) is 0 Å². The first-order valence-corrected chi connectivity index (χ1v) is 3.55. The smallest absolute Gasteiger partial charge is 0.408 e. The number of H-pyrrole nitrogens is 1. The molecule has 0 fully saturated rings. The summed E-state index contributed by atoms with van der Waals surface area (Å²) < 4.78 is 4.82. The lowest BCUT2D eigenvalue weighted by atomic mass is 10.2. The third-order valence-corrected chi connectivity index (χ3v) is 1.68. The van der Waals surface area contributed by atoms with Crippen molar-refractivity contribution in [3.63, 3.8) is 0 Å². The van der Waals surface area contributed by atoms with Gasteiger partial charge in [-0.1, -0.05) is 18.7 Å². The first-order chi connectivity index (χ1) is 5.79. The van der Waals surface area contributed by atoms with Crippen molar-refractivity contribution in [3.05, 3.63) is 40.9 Å². The molecule has 0 atom stereocenters. The van der Waals surface area contributed by atoms with Crippen molar-refractivity contribution in [1.29, 1.82) is 0 Å². The minimum atomic E-state index is -0.425. The number of aromatic nitrogens is 1. The van der Waals surface area contributed by atoms with E-state index in [9.17, 15) is 4.79 Å². The Balaban J connectivity index is 2.82. The van der Waals surface area contributed by atoms with Crippen LogP contribution in [0.3, 0.4) is 0 Å². The zero-order chi connectivity index (χ0) is 8.55. The van der Waals surface area contributed by atoms with Gasteiger partial charge in [-0.3, -0.25) is 4.98 Å². The minimum absolute atomic E-state index is 0.425. The highest BCUT2D eigenvalue weighted by atomic mass is 16.4. The van der Waals surface area contributed by atoms with Gasteiger partial charge in [0, 0.05) is 0 Å². The highest BCUT2D eigenvalue weighted by molar-refractivity contribution is 5.75. The van der Waals surface area contributed by atoms with Gasteiger partial charge in [0.2, 0.25) is 0 Å². The van der Waals surface area contributed by atoms with E-state index in [0.717, 1.165) is 5.56 Å². The molecule has 0 saturated carbocycles. The van der Waals surface area contributed by atoms with Crippen LogP contribution in [0.1, 0.15) is 5.56 Å². The Labute approximate surface area is 68.3 Å². The molecule has 0 bridgehead atoms. The summed E-state index contributed by atoms with van der Waals surface area (Å²) in [6.45, 7) is 3.62. The van der Waals surface area contributed by atoms with Gasteiger partial charge in [0.25, 0.3) is 0 Å². The maximum atomic E-state index is 10.7. The zero-order valence-electron chi connectivity index (χ0n) is 6.33. The van der Waals surface area contributed by atoms with Crippen molar-refractivity contribution >= 4 is 17.2 Å². The fourth-order valence-electron chi connectivity index (χ4n) is 1.10. The molecule has 0 aliphatic heterocycles. The van der Waals surface area contributed by atoms with E-state index in [1.807, 2.05) is 12.1 Å². The predicted molar refractivity (Wildman–Crippen MR) is 46.9 cm³/mol. The van der Waals surface area contributed by atoms with Gasteiger partial charge in [-0.25, -0.2) is 4.79 Å². The Hall–Kier alpha value is -1.77. The third kappa shape index (κ3) is 0.955. The Morgan fingerprint density at radius 1 is 1.50 bits per heavy atom. The number of nitrogens with one attached hydrogen (secondary N) is 1. The molecule has 1 heterocycles. The van der Waals surface area contributed by atoms with Crippen LogP contribution in [0.2, 0.25) is 0 Å². The van der Waals surface area contributed by atoms with Crippen molar-refractivity contribution in [2.75, 3.05) is 0 Å². The van der Waals surface area contributed by atoms with Crippen molar-refractivity contribution < 1.29 is 4.42 Å². The second kappa shape index (κ2) is 2.37. The van der Waals surface area contributed by atoms with Gasteiger partial charge in [0.1, 0.15) is 0 Å².